The molecule has 0 aromatic carbocycles. The average molecular weight is 1100 g/mol. The van der Waals surface area contributed by atoms with Gasteiger partial charge in [-0.2, -0.15) is 0 Å². The standard InChI is InChI=1S/C73H128O6/c1-4-7-10-13-16-19-22-25-28-30-32-33-34-35-36-37-38-39-40-41-42-44-45-48-51-54-57-60-63-66-72(75)78-69-70(68-77-71(74)65-62-59-56-53-50-47-27-24-21-18-15-12-9-6-3)79-73(76)67-64-61-58-55-52-49-46-43-31-29-26-23-20-17-14-11-8-5-2/h7,10,16,19,24-25,27-29,31-33,35-36,70H,4-6,8-9,11-15,17-18,20-23,26,30,34,37-69H2,1-3H3/b10-7-,19-16-,27-24-,28-25-,31-29-,33-32-,36-35-. The second kappa shape index (κ2) is 67.1. The summed E-state index contributed by atoms with van der Waals surface area (Å²) in [5, 5.41) is 0. The number of allylic oxidation sites excluding steroid dienone is 14. The zero-order valence-corrected chi connectivity index (χ0v) is 52.4. The first-order chi connectivity index (χ1) is 39.0. The first-order valence-electron chi connectivity index (χ1n) is 34.1. The molecule has 0 spiro atoms. The number of rotatable bonds is 62. The third-order valence-electron chi connectivity index (χ3n) is 14.9. The lowest BCUT2D eigenvalue weighted by atomic mass is 10.0. The van der Waals surface area contributed by atoms with Gasteiger partial charge in [0.25, 0.3) is 0 Å². The van der Waals surface area contributed by atoms with Gasteiger partial charge < -0.3 is 14.2 Å². The Morgan fingerprint density at radius 3 is 0.785 bits per heavy atom. The van der Waals surface area contributed by atoms with Gasteiger partial charge in [0.1, 0.15) is 13.2 Å². The number of hydrogen-bond donors (Lipinski definition) is 0. The summed E-state index contributed by atoms with van der Waals surface area (Å²) in [6.45, 7) is 6.54. The molecule has 79 heavy (non-hydrogen) atoms. The summed E-state index contributed by atoms with van der Waals surface area (Å²) < 4.78 is 17.0. The molecule has 0 saturated heterocycles. The van der Waals surface area contributed by atoms with Gasteiger partial charge in [0.15, 0.2) is 6.10 Å². The van der Waals surface area contributed by atoms with Crippen molar-refractivity contribution in [1.82, 2.24) is 0 Å². The molecule has 0 aromatic rings. The Morgan fingerprint density at radius 2 is 0.494 bits per heavy atom. The number of ether oxygens (including phenoxy) is 3. The lowest BCUT2D eigenvalue weighted by molar-refractivity contribution is -0.167. The molecule has 0 rings (SSSR count). The summed E-state index contributed by atoms with van der Waals surface area (Å²) in [5.41, 5.74) is 0. The van der Waals surface area contributed by atoms with E-state index in [1.165, 1.54) is 205 Å². The molecule has 1 atom stereocenters. The summed E-state index contributed by atoms with van der Waals surface area (Å²) in [5.74, 6) is -0.877. The van der Waals surface area contributed by atoms with Gasteiger partial charge in [0.05, 0.1) is 0 Å². The predicted octanol–water partition coefficient (Wildman–Crippen LogP) is 23.4. The molecule has 0 amide bonds. The Balaban J connectivity index is 4.27. The van der Waals surface area contributed by atoms with Crippen molar-refractivity contribution < 1.29 is 28.6 Å². The maximum absolute atomic E-state index is 12.9. The Kier molecular flexibility index (Phi) is 64.2. The van der Waals surface area contributed by atoms with Crippen molar-refractivity contribution in [3.63, 3.8) is 0 Å². The van der Waals surface area contributed by atoms with Crippen LogP contribution in [0.2, 0.25) is 0 Å². The number of esters is 3. The molecule has 0 fully saturated rings. The van der Waals surface area contributed by atoms with E-state index in [9.17, 15) is 14.4 Å². The SMILES string of the molecule is CC/C=C\C/C=C\C/C=C\C/C=C\C/C=C\CCCCCCCCCCCCCCCC(=O)OCC(COC(=O)CCCCCCC/C=C\CCCCCCC)OC(=O)CCCCCCCCC/C=C\CCCCCCCCC. The molecule has 0 bridgehead atoms. The Morgan fingerprint density at radius 1 is 0.266 bits per heavy atom. The number of unbranched alkanes of at least 4 members (excludes halogenated alkanes) is 37. The van der Waals surface area contributed by atoms with E-state index in [-0.39, 0.29) is 31.1 Å². The highest BCUT2D eigenvalue weighted by Gasteiger charge is 2.19. The minimum atomic E-state index is -0.783. The highest BCUT2D eigenvalue weighted by atomic mass is 16.6. The third-order valence-corrected chi connectivity index (χ3v) is 14.9. The van der Waals surface area contributed by atoms with Crippen LogP contribution in [0.4, 0.5) is 0 Å². The lowest BCUT2D eigenvalue weighted by Crippen LogP contribution is -2.30. The van der Waals surface area contributed by atoms with Gasteiger partial charge in [-0.25, -0.2) is 0 Å². The lowest BCUT2D eigenvalue weighted by Gasteiger charge is -2.18. The molecule has 0 heterocycles. The van der Waals surface area contributed by atoms with E-state index in [4.69, 9.17) is 14.2 Å². The molecule has 0 aliphatic rings. The zero-order chi connectivity index (χ0) is 57.1. The zero-order valence-electron chi connectivity index (χ0n) is 52.4. The molecular formula is C73H128O6. The van der Waals surface area contributed by atoms with Crippen molar-refractivity contribution in [1.29, 1.82) is 0 Å². The fraction of sp³-hybridized carbons (Fsp3) is 0.767. The molecule has 456 valence electrons. The van der Waals surface area contributed by atoms with Crippen molar-refractivity contribution in [2.24, 2.45) is 0 Å². The van der Waals surface area contributed by atoms with Crippen molar-refractivity contribution in [3.05, 3.63) is 85.1 Å². The van der Waals surface area contributed by atoms with Crippen LogP contribution < -0.4 is 0 Å². The van der Waals surface area contributed by atoms with Crippen LogP contribution in [0.5, 0.6) is 0 Å². The van der Waals surface area contributed by atoms with Crippen molar-refractivity contribution in [3.8, 4) is 0 Å². The molecule has 0 aliphatic carbocycles. The summed E-state index contributed by atoms with van der Waals surface area (Å²) in [6, 6.07) is 0. The number of carbonyl (C=O) groups excluding carboxylic acids is 3. The number of hydrogen-bond acceptors (Lipinski definition) is 6. The highest BCUT2D eigenvalue weighted by molar-refractivity contribution is 5.71. The number of carbonyl (C=O) groups is 3. The van der Waals surface area contributed by atoms with E-state index in [1.54, 1.807) is 0 Å². The minimum Gasteiger partial charge on any atom is -0.462 e. The first-order valence-corrected chi connectivity index (χ1v) is 34.1. The van der Waals surface area contributed by atoms with Gasteiger partial charge in [-0.3, -0.25) is 14.4 Å². The van der Waals surface area contributed by atoms with Gasteiger partial charge in [-0.1, -0.05) is 292 Å². The van der Waals surface area contributed by atoms with Crippen molar-refractivity contribution in [2.45, 2.75) is 348 Å². The summed E-state index contributed by atoms with van der Waals surface area (Å²) in [7, 11) is 0. The largest absolute Gasteiger partial charge is 0.462 e. The molecular weight excluding hydrogens is 973 g/mol. The molecule has 6 heteroatoms. The molecule has 0 N–H and O–H groups in total. The molecule has 6 nitrogen and oxygen atoms in total. The Labute approximate surface area is 490 Å². The maximum atomic E-state index is 12.9. The topological polar surface area (TPSA) is 78.9 Å². The van der Waals surface area contributed by atoms with Gasteiger partial charge in [0.2, 0.25) is 0 Å². The van der Waals surface area contributed by atoms with Gasteiger partial charge >= 0.3 is 17.9 Å². The quantitative estimate of drug-likeness (QED) is 0.0261. The van der Waals surface area contributed by atoms with Crippen LogP contribution in [0.3, 0.4) is 0 Å². The second-order valence-electron chi connectivity index (χ2n) is 22.7. The Bertz CT molecular complexity index is 1500. The van der Waals surface area contributed by atoms with E-state index < -0.39 is 6.10 Å². The minimum absolute atomic E-state index is 0.0788. The first kappa shape index (κ1) is 75.6. The molecule has 0 aromatic heterocycles. The molecule has 1 unspecified atom stereocenters. The predicted molar refractivity (Wildman–Crippen MR) is 344 cm³/mol. The van der Waals surface area contributed by atoms with Crippen LogP contribution in [-0.2, 0) is 28.6 Å². The fourth-order valence-electron chi connectivity index (χ4n) is 9.76. The van der Waals surface area contributed by atoms with E-state index in [0.29, 0.717) is 19.3 Å². The molecule has 0 saturated carbocycles. The van der Waals surface area contributed by atoms with E-state index in [2.05, 4.69) is 106 Å². The highest BCUT2D eigenvalue weighted by Crippen LogP contribution is 2.17. The van der Waals surface area contributed by atoms with Crippen LogP contribution in [0, 0.1) is 0 Å². The monoisotopic (exact) mass is 1100 g/mol. The smallest absolute Gasteiger partial charge is 0.306 e. The Hall–Kier alpha value is -3.41. The average Bonchev–Trinajstić information content (AvgIpc) is 3.45. The third kappa shape index (κ3) is 65.3. The van der Waals surface area contributed by atoms with Crippen LogP contribution >= 0.6 is 0 Å². The van der Waals surface area contributed by atoms with Gasteiger partial charge in [-0.05, 0) is 116 Å². The second-order valence-corrected chi connectivity index (χ2v) is 22.7. The van der Waals surface area contributed by atoms with Crippen molar-refractivity contribution in [2.75, 3.05) is 13.2 Å². The molecule has 0 radical (unpaired) electrons. The van der Waals surface area contributed by atoms with E-state index in [1.807, 2.05) is 0 Å². The summed E-state index contributed by atoms with van der Waals surface area (Å²) >= 11 is 0. The van der Waals surface area contributed by atoms with Crippen LogP contribution in [-0.4, -0.2) is 37.2 Å². The van der Waals surface area contributed by atoms with Crippen LogP contribution in [0.15, 0.2) is 85.1 Å². The van der Waals surface area contributed by atoms with Gasteiger partial charge in [0, 0.05) is 19.3 Å². The summed E-state index contributed by atoms with van der Waals surface area (Å²) in [4.78, 5) is 38.4. The van der Waals surface area contributed by atoms with Gasteiger partial charge in [-0.15, -0.1) is 0 Å². The normalized spacial score (nSPS) is 12.6. The van der Waals surface area contributed by atoms with E-state index in [0.717, 1.165) is 96.3 Å². The maximum Gasteiger partial charge on any atom is 0.306 e. The van der Waals surface area contributed by atoms with E-state index >= 15 is 0 Å². The van der Waals surface area contributed by atoms with Crippen LogP contribution in [0.25, 0.3) is 0 Å². The van der Waals surface area contributed by atoms with Crippen molar-refractivity contribution >= 4 is 17.9 Å². The molecule has 0 aliphatic heterocycles. The fourth-order valence-corrected chi connectivity index (χ4v) is 9.76. The van der Waals surface area contributed by atoms with Crippen LogP contribution in [0.1, 0.15) is 342 Å². The summed E-state index contributed by atoms with van der Waals surface area (Å²) in [6.07, 6.45) is 88.8.